The molecular formula is C20H23ClN2O3S. The molecule has 0 spiro atoms. The van der Waals surface area contributed by atoms with Gasteiger partial charge in [-0.05, 0) is 62.2 Å². The van der Waals surface area contributed by atoms with Crippen LogP contribution in [0.3, 0.4) is 0 Å². The molecule has 0 aliphatic carbocycles. The number of hydrogen-bond acceptors (Lipinski definition) is 6. The highest BCUT2D eigenvalue weighted by atomic mass is 35.5. The summed E-state index contributed by atoms with van der Waals surface area (Å²) in [6, 6.07) is 13.8. The van der Waals surface area contributed by atoms with Crippen LogP contribution in [0.4, 0.5) is 11.4 Å². The largest absolute Gasteiger partial charge is 0.490 e. The molecule has 0 saturated heterocycles. The van der Waals surface area contributed by atoms with Crippen LogP contribution in [0.1, 0.15) is 20.3 Å². The SMILES string of the molecule is CCOC(=O)CC(C)Oc1ccc2c(c1)N(C)CN(c1ccc(Cl)cc1)S2. The number of nitrogens with zero attached hydrogens (tertiary/aromatic N) is 2. The van der Waals surface area contributed by atoms with Gasteiger partial charge >= 0.3 is 5.97 Å². The number of hydrogen-bond donors (Lipinski definition) is 0. The lowest BCUT2D eigenvalue weighted by Gasteiger charge is -2.36. The molecule has 0 fully saturated rings. The summed E-state index contributed by atoms with van der Waals surface area (Å²) in [5.74, 6) is 0.507. The average molecular weight is 407 g/mol. The fraction of sp³-hybridized carbons (Fsp3) is 0.350. The summed E-state index contributed by atoms with van der Waals surface area (Å²) in [4.78, 5) is 14.9. The predicted molar refractivity (Wildman–Crippen MR) is 111 cm³/mol. The Bertz CT molecular complexity index is 800. The Kier molecular flexibility index (Phi) is 6.39. The molecule has 0 saturated carbocycles. The maximum Gasteiger partial charge on any atom is 0.309 e. The van der Waals surface area contributed by atoms with E-state index in [1.165, 1.54) is 0 Å². The number of benzene rings is 2. The van der Waals surface area contributed by atoms with E-state index in [0.717, 1.165) is 33.7 Å². The molecular weight excluding hydrogens is 384 g/mol. The van der Waals surface area contributed by atoms with Crippen molar-refractivity contribution in [3.8, 4) is 5.75 Å². The Labute approximate surface area is 169 Å². The van der Waals surface area contributed by atoms with Crippen LogP contribution in [0, 0.1) is 0 Å². The first-order valence-corrected chi connectivity index (χ1v) is 10.00. The van der Waals surface area contributed by atoms with Crippen molar-refractivity contribution in [3.05, 3.63) is 47.5 Å². The molecule has 0 N–H and O–H groups in total. The number of fused-ring (bicyclic) bond motifs is 1. The van der Waals surface area contributed by atoms with E-state index in [2.05, 4.69) is 9.21 Å². The van der Waals surface area contributed by atoms with Gasteiger partial charge in [0.15, 0.2) is 0 Å². The van der Waals surface area contributed by atoms with Gasteiger partial charge in [0.05, 0.1) is 23.6 Å². The maximum absolute atomic E-state index is 11.6. The van der Waals surface area contributed by atoms with E-state index in [1.54, 1.807) is 18.9 Å². The Morgan fingerprint density at radius 3 is 2.70 bits per heavy atom. The van der Waals surface area contributed by atoms with Gasteiger partial charge in [0.25, 0.3) is 0 Å². The lowest BCUT2D eigenvalue weighted by atomic mass is 10.2. The van der Waals surface area contributed by atoms with Crippen molar-refractivity contribution in [1.29, 1.82) is 0 Å². The lowest BCUT2D eigenvalue weighted by Crippen LogP contribution is -2.35. The second-order valence-corrected chi connectivity index (χ2v) is 7.85. The molecule has 5 nitrogen and oxygen atoms in total. The number of carbonyl (C=O) groups is 1. The second kappa shape index (κ2) is 8.76. The standard InChI is InChI=1S/C20H23ClN2O3S/c1-4-25-20(24)11-14(2)26-17-9-10-19-18(12-17)22(3)13-23(27-19)16-7-5-15(21)6-8-16/h5-10,12,14H,4,11,13H2,1-3H3. The summed E-state index contributed by atoms with van der Waals surface area (Å²) in [5, 5.41) is 0.730. The molecule has 1 atom stereocenters. The summed E-state index contributed by atoms with van der Waals surface area (Å²) in [5.41, 5.74) is 2.20. The van der Waals surface area contributed by atoms with Crippen LogP contribution >= 0.6 is 23.5 Å². The van der Waals surface area contributed by atoms with E-state index in [1.807, 2.05) is 56.4 Å². The van der Waals surface area contributed by atoms with Gasteiger partial charge in [-0.15, -0.1) is 0 Å². The van der Waals surface area contributed by atoms with Crippen LogP contribution in [-0.4, -0.2) is 32.4 Å². The minimum absolute atomic E-state index is 0.236. The van der Waals surface area contributed by atoms with E-state index < -0.39 is 0 Å². The fourth-order valence-corrected chi connectivity index (χ4v) is 4.09. The van der Waals surface area contributed by atoms with E-state index in [-0.39, 0.29) is 18.5 Å². The molecule has 144 valence electrons. The normalized spacial score (nSPS) is 14.5. The highest BCUT2D eigenvalue weighted by Gasteiger charge is 2.22. The van der Waals surface area contributed by atoms with Gasteiger partial charge in [0.2, 0.25) is 0 Å². The minimum atomic E-state index is -0.241. The zero-order chi connectivity index (χ0) is 19.4. The van der Waals surface area contributed by atoms with Crippen LogP contribution in [0.2, 0.25) is 5.02 Å². The van der Waals surface area contributed by atoms with Crippen molar-refractivity contribution < 1.29 is 14.3 Å². The van der Waals surface area contributed by atoms with Crippen molar-refractivity contribution in [2.45, 2.75) is 31.3 Å². The second-order valence-electron chi connectivity index (χ2n) is 6.35. The average Bonchev–Trinajstić information content (AvgIpc) is 2.62. The Morgan fingerprint density at radius 2 is 2.00 bits per heavy atom. The molecule has 1 aliphatic rings. The van der Waals surface area contributed by atoms with E-state index in [0.29, 0.717) is 6.61 Å². The third-order valence-corrected chi connectivity index (χ3v) is 5.44. The zero-order valence-corrected chi connectivity index (χ0v) is 17.2. The molecule has 1 unspecified atom stereocenters. The maximum atomic E-state index is 11.6. The van der Waals surface area contributed by atoms with Gasteiger partial charge in [0, 0.05) is 23.8 Å². The third kappa shape index (κ3) is 5.02. The van der Waals surface area contributed by atoms with Gasteiger partial charge in [0.1, 0.15) is 18.5 Å². The summed E-state index contributed by atoms with van der Waals surface area (Å²) in [6.07, 6.45) is -0.00550. The lowest BCUT2D eigenvalue weighted by molar-refractivity contribution is -0.144. The van der Waals surface area contributed by atoms with Crippen molar-refractivity contribution in [2.75, 3.05) is 29.5 Å². The van der Waals surface area contributed by atoms with Gasteiger partial charge in [-0.1, -0.05) is 11.6 Å². The topological polar surface area (TPSA) is 42.0 Å². The summed E-state index contributed by atoms with van der Waals surface area (Å²) < 4.78 is 13.1. The number of anilines is 2. The van der Waals surface area contributed by atoms with E-state index >= 15 is 0 Å². The van der Waals surface area contributed by atoms with Crippen molar-refractivity contribution in [3.63, 3.8) is 0 Å². The molecule has 27 heavy (non-hydrogen) atoms. The van der Waals surface area contributed by atoms with Gasteiger partial charge in [-0.3, -0.25) is 9.10 Å². The van der Waals surface area contributed by atoms with Crippen LogP contribution in [0.15, 0.2) is 47.4 Å². The Hall–Kier alpha value is -2.05. The minimum Gasteiger partial charge on any atom is -0.490 e. The van der Waals surface area contributed by atoms with Gasteiger partial charge in [-0.2, -0.15) is 0 Å². The Balaban J connectivity index is 1.69. The summed E-state index contributed by atoms with van der Waals surface area (Å²) in [6.45, 7) is 4.79. The molecule has 1 aliphatic heterocycles. The van der Waals surface area contributed by atoms with Crippen molar-refractivity contribution in [1.82, 2.24) is 0 Å². The summed E-state index contributed by atoms with van der Waals surface area (Å²) in [7, 11) is 2.05. The first kappa shape index (κ1) is 19.7. The molecule has 3 rings (SSSR count). The summed E-state index contributed by atoms with van der Waals surface area (Å²) >= 11 is 7.67. The fourth-order valence-electron chi connectivity index (χ4n) is 2.83. The number of esters is 1. The molecule has 0 amide bonds. The molecule has 7 heteroatoms. The van der Waals surface area contributed by atoms with Crippen LogP contribution in [0.5, 0.6) is 5.75 Å². The zero-order valence-electron chi connectivity index (χ0n) is 15.6. The number of halogens is 1. The van der Waals surface area contributed by atoms with E-state index in [9.17, 15) is 4.79 Å². The molecule has 0 radical (unpaired) electrons. The van der Waals surface area contributed by atoms with Gasteiger partial charge < -0.3 is 14.4 Å². The molecule has 2 aromatic rings. The molecule has 1 heterocycles. The number of ether oxygens (including phenoxy) is 2. The molecule has 0 bridgehead atoms. The van der Waals surface area contributed by atoms with Crippen LogP contribution in [-0.2, 0) is 9.53 Å². The smallest absolute Gasteiger partial charge is 0.309 e. The van der Waals surface area contributed by atoms with Crippen molar-refractivity contribution >= 4 is 40.9 Å². The highest BCUT2D eigenvalue weighted by molar-refractivity contribution is 8.00. The Morgan fingerprint density at radius 1 is 1.26 bits per heavy atom. The first-order valence-electron chi connectivity index (χ1n) is 8.84. The number of rotatable bonds is 6. The molecule has 2 aromatic carbocycles. The van der Waals surface area contributed by atoms with Crippen LogP contribution < -0.4 is 13.9 Å². The highest BCUT2D eigenvalue weighted by Crippen LogP contribution is 2.41. The monoisotopic (exact) mass is 406 g/mol. The van der Waals surface area contributed by atoms with Crippen LogP contribution in [0.25, 0.3) is 0 Å². The van der Waals surface area contributed by atoms with Crippen molar-refractivity contribution in [2.24, 2.45) is 0 Å². The predicted octanol–water partition coefficient (Wildman–Crippen LogP) is 4.98. The molecule has 0 aromatic heterocycles. The quantitative estimate of drug-likeness (QED) is 0.497. The third-order valence-electron chi connectivity index (χ3n) is 4.10. The number of carbonyl (C=O) groups excluding carboxylic acids is 1. The first-order chi connectivity index (χ1) is 13.0. The van der Waals surface area contributed by atoms with E-state index in [4.69, 9.17) is 21.1 Å². The van der Waals surface area contributed by atoms with Gasteiger partial charge in [-0.25, -0.2) is 0 Å².